The van der Waals surface area contributed by atoms with Crippen LogP contribution < -0.4 is 10.6 Å². The zero-order chi connectivity index (χ0) is 12.5. The van der Waals surface area contributed by atoms with E-state index >= 15 is 0 Å². The number of likely N-dealkylation sites (tertiary alicyclic amines) is 1. The zero-order valence-electron chi connectivity index (χ0n) is 11.3. The van der Waals surface area contributed by atoms with Crippen LogP contribution >= 0.6 is 0 Å². The molecule has 0 atom stereocenters. The number of urea groups is 1. The maximum absolute atomic E-state index is 11.4. The van der Waals surface area contributed by atoms with Crippen LogP contribution in [0.5, 0.6) is 0 Å². The van der Waals surface area contributed by atoms with Gasteiger partial charge in [-0.05, 0) is 44.8 Å². The predicted octanol–water partition coefficient (Wildman–Crippen LogP) is 1.82. The van der Waals surface area contributed by atoms with E-state index in [0.717, 1.165) is 32.5 Å². The third-order valence-electron chi connectivity index (χ3n) is 3.52. The van der Waals surface area contributed by atoms with E-state index < -0.39 is 0 Å². The number of unbranched alkanes of at least 4 members (excludes halogenated alkanes) is 1. The van der Waals surface area contributed by atoms with Crippen LogP contribution in [0, 0.1) is 5.92 Å². The van der Waals surface area contributed by atoms with E-state index in [0.29, 0.717) is 5.92 Å². The molecule has 1 saturated heterocycles. The number of carbonyl (C=O) groups excluding carboxylic acids is 1. The largest absolute Gasteiger partial charge is 0.338 e. The highest BCUT2D eigenvalue weighted by Crippen LogP contribution is 2.15. The molecular weight excluding hydrogens is 214 g/mol. The molecule has 1 rings (SSSR count). The fourth-order valence-electron chi connectivity index (χ4n) is 2.19. The maximum Gasteiger partial charge on any atom is 0.314 e. The molecule has 0 aromatic carbocycles. The highest BCUT2D eigenvalue weighted by Gasteiger charge is 2.18. The Bertz CT molecular complexity index is 213. The second-order valence-corrected chi connectivity index (χ2v) is 4.87. The summed E-state index contributed by atoms with van der Waals surface area (Å²) in [6, 6.07) is -0.00336. The summed E-state index contributed by atoms with van der Waals surface area (Å²) >= 11 is 0. The van der Waals surface area contributed by atoms with Gasteiger partial charge < -0.3 is 15.5 Å². The van der Waals surface area contributed by atoms with Crippen molar-refractivity contribution in [3.05, 3.63) is 0 Å². The molecule has 0 saturated carbocycles. The molecule has 2 N–H and O–H groups in total. The van der Waals surface area contributed by atoms with Crippen molar-refractivity contribution in [1.29, 1.82) is 0 Å². The average Bonchev–Trinajstić information content (AvgIpc) is 2.37. The van der Waals surface area contributed by atoms with Crippen LogP contribution in [0.1, 0.15) is 39.5 Å². The fourth-order valence-corrected chi connectivity index (χ4v) is 2.19. The van der Waals surface area contributed by atoms with Gasteiger partial charge in [0, 0.05) is 13.1 Å². The van der Waals surface area contributed by atoms with E-state index in [9.17, 15) is 4.79 Å². The van der Waals surface area contributed by atoms with Crippen LogP contribution in [0.2, 0.25) is 0 Å². The van der Waals surface area contributed by atoms with Gasteiger partial charge >= 0.3 is 6.03 Å². The summed E-state index contributed by atoms with van der Waals surface area (Å²) in [6.45, 7) is 9.46. The number of nitrogens with one attached hydrogen (secondary N) is 2. The first-order valence-electron chi connectivity index (χ1n) is 7.00. The second kappa shape index (κ2) is 8.34. The van der Waals surface area contributed by atoms with Crippen LogP contribution in [0.25, 0.3) is 0 Å². The van der Waals surface area contributed by atoms with Crippen molar-refractivity contribution in [2.45, 2.75) is 39.5 Å². The molecule has 0 unspecified atom stereocenters. The van der Waals surface area contributed by atoms with E-state index in [2.05, 4.69) is 29.4 Å². The predicted molar refractivity (Wildman–Crippen MR) is 71.1 cm³/mol. The van der Waals surface area contributed by atoms with Crippen molar-refractivity contribution >= 4 is 6.03 Å². The van der Waals surface area contributed by atoms with E-state index in [1.807, 2.05) is 0 Å². The van der Waals surface area contributed by atoms with Crippen LogP contribution in [0.3, 0.4) is 0 Å². The van der Waals surface area contributed by atoms with Crippen LogP contribution in [-0.2, 0) is 0 Å². The molecule has 17 heavy (non-hydrogen) atoms. The number of amides is 2. The van der Waals surface area contributed by atoms with Crippen LogP contribution in [0.15, 0.2) is 0 Å². The van der Waals surface area contributed by atoms with Crippen molar-refractivity contribution in [1.82, 2.24) is 15.5 Å². The molecule has 0 spiro atoms. The third kappa shape index (κ3) is 5.91. The normalized spacial score (nSPS) is 18.0. The van der Waals surface area contributed by atoms with E-state index in [4.69, 9.17) is 0 Å². The topological polar surface area (TPSA) is 44.4 Å². The molecule has 100 valence electrons. The molecule has 0 aromatic rings. The van der Waals surface area contributed by atoms with Gasteiger partial charge in [0.15, 0.2) is 0 Å². The first-order valence-corrected chi connectivity index (χ1v) is 7.00. The van der Waals surface area contributed by atoms with Crippen molar-refractivity contribution in [2.75, 3.05) is 32.7 Å². The van der Waals surface area contributed by atoms with Gasteiger partial charge in [0.2, 0.25) is 0 Å². The number of hydrogen-bond donors (Lipinski definition) is 2. The van der Waals surface area contributed by atoms with Gasteiger partial charge in [0.05, 0.1) is 0 Å². The van der Waals surface area contributed by atoms with Crippen molar-refractivity contribution in [2.24, 2.45) is 5.92 Å². The quantitative estimate of drug-likeness (QED) is 0.697. The smallest absolute Gasteiger partial charge is 0.314 e. The van der Waals surface area contributed by atoms with Gasteiger partial charge in [-0.25, -0.2) is 4.79 Å². The third-order valence-corrected chi connectivity index (χ3v) is 3.52. The lowest BCUT2D eigenvalue weighted by Crippen LogP contribution is -2.42. The summed E-state index contributed by atoms with van der Waals surface area (Å²) in [5.41, 5.74) is 0. The molecule has 1 fully saturated rings. The van der Waals surface area contributed by atoms with Gasteiger partial charge in [-0.2, -0.15) is 0 Å². The molecule has 1 aliphatic rings. The molecule has 1 heterocycles. The minimum absolute atomic E-state index is 0.00336. The summed E-state index contributed by atoms with van der Waals surface area (Å²) in [5, 5.41) is 5.86. The van der Waals surface area contributed by atoms with E-state index in [1.165, 1.54) is 25.9 Å². The second-order valence-electron chi connectivity index (χ2n) is 4.87. The molecule has 0 aliphatic carbocycles. The number of nitrogens with zero attached hydrogens (tertiary/aromatic N) is 1. The molecule has 4 heteroatoms. The fraction of sp³-hybridized carbons (Fsp3) is 0.923. The average molecular weight is 241 g/mol. The SMILES string of the molecule is CCCCNC(=O)NCC1CCN(CC)CC1. The molecule has 0 bridgehead atoms. The first kappa shape index (κ1) is 14.3. The van der Waals surface area contributed by atoms with Crippen molar-refractivity contribution < 1.29 is 4.79 Å². The number of rotatable bonds is 6. The Morgan fingerprint density at radius 1 is 1.24 bits per heavy atom. The summed E-state index contributed by atoms with van der Waals surface area (Å²) in [6.07, 6.45) is 4.60. The van der Waals surface area contributed by atoms with Crippen molar-refractivity contribution in [3.8, 4) is 0 Å². The zero-order valence-corrected chi connectivity index (χ0v) is 11.3. The number of carbonyl (C=O) groups is 1. The standard InChI is InChI=1S/C13H27N3O/c1-3-5-8-14-13(17)15-11-12-6-9-16(4-2)10-7-12/h12H,3-11H2,1-2H3,(H2,14,15,17). The molecular formula is C13H27N3O. The highest BCUT2D eigenvalue weighted by molar-refractivity contribution is 5.73. The summed E-state index contributed by atoms with van der Waals surface area (Å²) < 4.78 is 0. The Hall–Kier alpha value is -0.770. The van der Waals surface area contributed by atoms with Gasteiger partial charge in [-0.3, -0.25) is 0 Å². The Morgan fingerprint density at radius 2 is 1.94 bits per heavy atom. The van der Waals surface area contributed by atoms with E-state index in [-0.39, 0.29) is 6.03 Å². The Balaban J connectivity index is 2.04. The van der Waals surface area contributed by atoms with Gasteiger partial charge in [0.25, 0.3) is 0 Å². The lowest BCUT2D eigenvalue weighted by Gasteiger charge is -2.31. The monoisotopic (exact) mass is 241 g/mol. The number of hydrogen-bond acceptors (Lipinski definition) is 2. The van der Waals surface area contributed by atoms with Crippen LogP contribution in [0.4, 0.5) is 4.79 Å². The molecule has 4 nitrogen and oxygen atoms in total. The Morgan fingerprint density at radius 3 is 2.53 bits per heavy atom. The lowest BCUT2D eigenvalue weighted by atomic mass is 9.97. The van der Waals surface area contributed by atoms with Gasteiger partial charge in [-0.1, -0.05) is 20.3 Å². The van der Waals surface area contributed by atoms with E-state index in [1.54, 1.807) is 0 Å². The summed E-state index contributed by atoms with van der Waals surface area (Å²) in [4.78, 5) is 13.9. The minimum atomic E-state index is -0.00336. The maximum atomic E-state index is 11.4. The minimum Gasteiger partial charge on any atom is -0.338 e. The van der Waals surface area contributed by atoms with Crippen LogP contribution in [-0.4, -0.2) is 43.7 Å². The lowest BCUT2D eigenvalue weighted by molar-refractivity contribution is 0.188. The molecule has 1 aliphatic heterocycles. The summed E-state index contributed by atoms with van der Waals surface area (Å²) in [5.74, 6) is 0.662. The molecule has 0 radical (unpaired) electrons. The molecule has 0 aromatic heterocycles. The van der Waals surface area contributed by atoms with Gasteiger partial charge in [-0.15, -0.1) is 0 Å². The van der Waals surface area contributed by atoms with Gasteiger partial charge in [0.1, 0.15) is 0 Å². The Kier molecular flexibility index (Phi) is 7.01. The Labute approximate surface area is 105 Å². The highest BCUT2D eigenvalue weighted by atomic mass is 16.2. The summed E-state index contributed by atoms with van der Waals surface area (Å²) in [7, 11) is 0. The number of piperidine rings is 1. The molecule has 2 amide bonds. The van der Waals surface area contributed by atoms with Crippen molar-refractivity contribution in [3.63, 3.8) is 0 Å². The first-order chi connectivity index (χ1) is 8.26.